The Balaban J connectivity index is 2.59. The van der Waals surface area contributed by atoms with Gasteiger partial charge < -0.3 is 5.11 Å². The third-order valence-corrected chi connectivity index (χ3v) is 3.31. The maximum Gasteiger partial charge on any atom is 0.0868 e. The fourth-order valence-electron chi connectivity index (χ4n) is 1.92. The van der Waals surface area contributed by atoms with E-state index in [4.69, 9.17) is 11.6 Å². The molecule has 1 atom stereocenters. The minimum Gasteiger partial charge on any atom is -0.385 e. The van der Waals surface area contributed by atoms with E-state index in [1.165, 1.54) is 0 Å². The van der Waals surface area contributed by atoms with Gasteiger partial charge in [-0.05, 0) is 49.3 Å². The van der Waals surface area contributed by atoms with E-state index in [2.05, 4.69) is 20.8 Å². The first-order chi connectivity index (χ1) is 7.71. The van der Waals surface area contributed by atoms with E-state index in [0.717, 1.165) is 24.8 Å². The van der Waals surface area contributed by atoms with Crippen molar-refractivity contribution in [2.45, 2.75) is 52.6 Å². The van der Waals surface area contributed by atoms with Crippen molar-refractivity contribution in [2.75, 3.05) is 0 Å². The Morgan fingerprint density at radius 2 is 1.53 bits per heavy atom. The summed E-state index contributed by atoms with van der Waals surface area (Å²) in [6.45, 7) is 8.55. The van der Waals surface area contributed by atoms with Crippen LogP contribution in [0.3, 0.4) is 0 Å². The summed E-state index contributed by atoms with van der Waals surface area (Å²) in [4.78, 5) is 0. The van der Waals surface area contributed by atoms with Crippen LogP contribution in [0.2, 0.25) is 5.02 Å². The molecule has 17 heavy (non-hydrogen) atoms. The lowest BCUT2D eigenvalue weighted by Crippen LogP contribution is -2.21. The van der Waals surface area contributed by atoms with Gasteiger partial charge in [-0.25, -0.2) is 0 Å². The molecule has 0 spiro atoms. The summed E-state index contributed by atoms with van der Waals surface area (Å²) < 4.78 is 0. The van der Waals surface area contributed by atoms with E-state index in [0.29, 0.717) is 10.4 Å². The van der Waals surface area contributed by atoms with E-state index in [1.807, 2.05) is 31.2 Å². The van der Waals surface area contributed by atoms with E-state index < -0.39 is 5.60 Å². The molecule has 1 N–H and O–H groups in total. The molecule has 1 unspecified atom stereocenters. The zero-order valence-electron chi connectivity index (χ0n) is 11.3. The summed E-state index contributed by atoms with van der Waals surface area (Å²) in [6, 6.07) is 7.46. The van der Waals surface area contributed by atoms with E-state index >= 15 is 0 Å². The molecule has 0 saturated heterocycles. The number of halogens is 1. The first kappa shape index (κ1) is 14.5. The molecule has 0 aliphatic heterocycles. The van der Waals surface area contributed by atoms with Crippen molar-refractivity contribution in [3.8, 4) is 0 Å². The highest BCUT2D eigenvalue weighted by Crippen LogP contribution is 2.30. The van der Waals surface area contributed by atoms with Gasteiger partial charge in [0, 0.05) is 5.02 Å². The summed E-state index contributed by atoms with van der Waals surface area (Å²) in [5.41, 5.74) is 0.516. The van der Waals surface area contributed by atoms with Gasteiger partial charge in [-0.15, -0.1) is 0 Å². The topological polar surface area (TPSA) is 20.2 Å². The van der Waals surface area contributed by atoms with E-state index in [1.54, 1.807) is 0 Å². The molecule has 0 saturated carbocycles. The summed E-state index contributed by atoms with van der Waals surface area (Å²) >= 11 is 5.84. The van der Waals surface area contributed by atoms with Crippen LogP contribution < -0.4 is 0 Å². The molecule has 0 heterocycles. The molecule has 0 bridgehead atoms. The predicted molar refractivity (Wildman–Crippen MR) is 74.3 cm³/mol. The van der Waals surface area contributed by atoms with Crippen LogP contribution in [0.25, 0.3) is 0 Å². The molecule has 96 valence electrons. The van der Waals surface area contributed by atoms with Crippen molar-refractivity contribution < 1.29 is 5.11 Å². The molecule has 0 fully saturated rings. The number of hydrogen-bond donors (Lipinski definition) is 1. The molecule has 2 heteroatoms. The minimum atomic E-state index is -0.754. The van der Waals surface area contributed by atoms with Crippen LogP contribution in [0.4, 0.5) is 0 Å². The molecule has 1 rings (SSSR count). The second kappa shape index (κ2) is 5.41. The quantitative estimate of drug-likeness (QED) is 0.821. The van der Waals surface area contributed by atoms with Crippen LogP contribution in [0.5, 0.6) is 0 Å². The number of rotatable bonds is 4. The van der Waals surface area contributed by atoms with E-state index in [-0.39, 0.29) is 0 Å². The fourth-order valence-corrected chi connectivity index (χ4v) is 2.04. The van der Waals surface area contributed by atoms with Crippen molar-refractivity contribution in [2.24, 2.45) is 5.41 Å². The Labute approximate surface area is 110 Å². The molecular formula is C15H23ClO. The largest absolute Gasteiger partial charge is 0.385 e. The van der Waals surface area contributed by atoms with Crippen molar-refractivity contribution in [1.29, 1.82) is 0 Å². The standard InChI is InChI=1S/C15H23ClO/c1-14(2,3)10-5-11-15(4,17)12-6-8-13(16)9-7-12/h6-9,17H,5,10-11H2,1-4H3. The smallest absolute Gasteiger partial charge is 0.0868 e. The Hall–Kier alpha value is -0.530. The Bertz CT molecular complexity index is 346. The molecule has 0 amide bonds. The molecule has 0 aliphatic carbocycles. The number of benzene rings is 1. The summed E-state index contributed by atoms with van der Waals surface area (Å²) in [7, 11) is 0. The highest BCUT2D eigenvalue weighted by molar-refractivity contribution is 6.30. The molecule has 1 nitrogen and oxygen atoms in total. The highest BCUT2D eigenvalue weighted by atomic mass is 35.5. The van der Waals surface area contributed by atoms with E-state index in [9.17, 15) is 5.11 Å². The van der Waals surface area contributed by atoms with Gasteiger partial charge in [-0.3, -0.25) is 0 Å². The Morgan fingerprint density at radius 1 is 1.00 bits per heavy atom. The van der Waals surface area contributed by atoms with Crippen LogP contribution in [-0.2, 0) is 5.60 Å². The first-order valence-corrected chi connectivity index (χ1v) is 6.57. The second-order valence-electron chi connectivity index (χ2n) is 6.19. The lowest BCUT2D eigenvalue weighted by atomic mass is 9.85. The molecule has 1 aromatic carbocycles. The highest BCUT2D eigenvalue weighted by Gasteiger charge is 2.23. The minimum absolute atomic E-state index is 0.329. The molecule has 0 aliphatic rings. The van der Waals surface area contributed by atoms with Crippen molar-refractivity contribution >= 4 is 11.6 Å². The average Bonchev–Trinajstić information content (AvgIpc) is 2.15. The van der Waals surface area contributed by atoms with Crippen LogP contribution >= 0.6 is 11.6 Å². The predicted octanol–water partition coefficient (Wildman–Crippen LogP) is 4.76. The maximum atomic E-state index is 10.4. The van der Waals surface area contributed by atoms with Crippen LogP contribution in [0.1, 0.15) is 52.5 Å². The van der Waals surface area contributed by atoms with Crippen molar-refractivity contribution in [3.05, 3.63) is 34.9 Å². The van der Waals surface area contributed by atoms with Crippen LogP contribution in [0.15, 0.2) is 24.3 Å². The summed E-state index contributed by atoms with van der Waals surface area (Å²) in [5, 5.41) is 11.1. The van der Waals surface area contributed by atoms with Gasteiger partial charge in [-0.2, -0.15) is 0 Å². The summed E-state index contributed by atoms with van der Waals surface area (Å²) in [6.07, 6.45) is 2.93. The van der Waals surface area contributed by atoms with Gasteiger partial charge >= 0.3 is 0 Å². The molecule has 1 aromatic rings. The third kappa shape index (κ3) is 5.10. The van der Waals surface area contributed by atoms with Gasteiger partial charge in [0.1, 0.15) is 0 Å². The molecular weight excluding hydrogens is 232 g/mol. The average molecular weight is 255 g/mol. The lowest BCUT2D eigenvalue weighted by molar-refractivity contribution is 0.0424. The van der Waals surface area contributed by atoms with Gasteiger partial charge in [0.25, 0.3) is 0 Å². The third-order valence-electron chi connectivity index (χ3n) is 3.06. The van der Waals surface area contributed by atoms with Crippen molar-refractivity contribution in [3.63, 3.8) is 0 Å². The zero-order chi connectivity index (χ0) is 13.1. The van der Waals surface area contributed by atoms with Gasteiger partial charge in [0.05, 0.1) is 5.60 Å². The maximum absolute atomic E-state index is 10.4. The lowest BCUT2D eigenvalue weighted by Gasteiger charge is -2.26. The molecule has 0 aromatic heterocycles. The molecule has 0 radical (unpaired) electrons. The van der Waals surface area contributed by atoms with Gasteiger partial charge in [0.15, 0.2) is 0 Å². The number of aliphatic hydroxyl groups is 1. The van der Waals surface area contributed by atoms with Crippen LogP contribution in [-0.4, -0.2) is 5.11 Å². The van der Waals surface area contributed by atoms with Gasteiger partial charge in [-0.1, -0.05) is 44.5 Å². The normalized spacial score (nSPS) is 15.6. The Morgan fingerprint density at radius 3 is 2.00 bits per heavy atom. The van der Waals surface area contributed by atoms with Gasteiger partial charge in [0.2, 0.25) is 0 Å². The fraction of sp³-hybridized carbons (Fsp3) is 0.600. The van der Waals surface area contributed by atoms with Crippen LogP contribution in [0, 0.1) is 5.41 Å². The SMILES string of the molecule is CC(C)(C)CCCC(C)(O)c1ccc(Cl)cc1. The second-order valence-corrected chi connectivity index (χ2v) is 6.63. The summed E-state index contributed by atoms with van der Waals surface area (Å²) in [5.74, 6) is 0. The Kier molecular flexibility index (Phi) is 4.62. The number of hydrogen-bond acceptors (Lipinski definition) is 1. The zero-order valence-corrected chi connectivity index (χ0v) is 12.0. The first-order valence-electron chi connectivity index (χ1n) is 6.19. The monoisotopic (exact) mass is 254 g/mol. The van der Waals surface area contributed by atoms with Crippen molar-refractivity contribution in [1.82, 2.24) is 0 Å².